The first-order valence-electron chi connectivity index (χ1n) is 7.43. The zero-order valence-corrected chi connectivity index (χ0v) is 12.7. The van der Waals surface area contributed by atoms with Crippen molar-refractivity contribution in [2.45, 2.75) is 45.2 Å². The first-order valence-corrected chi connectivity index (χ1v) is 7.43. The number of rotatable bonds is 4. The molecule has 3 amide bonds. The molecule has 2 rings (SSSR count). The number of amides is 3. The van der Waals surface area contributed by atoms with Gasteiger partial charge in [0.05, 0.1) is 0 Å². The normalized spacial score (nSPS) is 30.7. The number of nitrogens with zero attached hydrogens (tertiary/aromatic N) is 2. The molecule has 0 saturated carbocycles. The monoisotopic (exact) mass is 282 g/mol. The number of likely N-dealkylation sites (tertiary alicyclic amines) is 1. The van der Waals surface area contributed by atoms with Crippen molar-refractivity contribution in [2.24, 2.45) is 11.7 Å². The molecule has 2 aliphatic heterocycles. The van der Waals surface area contributed by atoms with Crippen LogP contribution in [-0.4, -0.2) is 59.5 Å². The Morgan fingerprint density at radius 2 is 2.05 bits per heavy atom. The van der Waals surface area contributed by atoms with Crippen LogP contribution < -0.4 is 11.1 Å². The highest BCUT2D eigenvalue weighted by atomic mass is 16.2. The van der Waals surface area contributed by atoms with E-state index in [4.69, 9.17) is 5.73 Å². The van der Waals surface area contributed by atoms with Gasteiger partial charge in [0, 0.05) is 25.7 Å². The Labute approximate surface area is 120 Å². The zero-order valence-electron chi connectivity index (χ0n) is 12.7. The lowest BCUT2D eigenvalue weighted by Crippen LogP contribution is -2.49. The third kappa shape index (κ3) is 2.96. The SMILES string of the molecule is CC1CCN(CCN2C(=O)NC(C)(C)C2=O)C(CN)C1. The van der Waals surface area contributed by atoms with E-state index >= 15 is 0 Å². The van der Waals surface area contributed by atoms with E-state index in [0.717, 1.165) is 19.4 Å². The Kier molecular flexibility index (Phi) is 4.34. The smallest absolute Gasteiger partial charge is 0.325 e. The fourth-order valence-corrected chi connectivity index (χ4v) is 3.09. The molecule has 2 aliphatic rings. The van der Waals surface area contributed by atoms with Gasteiger partial charge in [-0.1, -0.05) is 6.92 Å². The topological polar surface area (TPSA) is 78.7 Å². The third-order valence-electron chi connectivity index (χ3n) is 4.43. The number of hydrogen-bond donors (Lipinski definition) is 2. The van der Waals surface area contributed by atoms with Crippen LogP contribution in [0.1, 0.15) is 33.6 Å². The summed E-state index contributed by atoms with van der Waals surface area (Å²) in [7, 11) is 0. The van der Waals surface area contributed by atoms with Gasteiger partial charge in [-0.2, -0.15) is 0 Å². The molecule has 2 fully saturated rings. The first kappa shape index (κ1) is 15.3. The molecule has 2 heterocycles. The molecule has 0 aromatic rings. The zero-order chi connectivity index (χ0) is 14.9. The summed E-state index contributed by atoms with van der Waals surface area (Å²) >= 11 is 0. The van der Waals surface area contributed by atoms with Crippen LogP contribution in [-0.2, 0) is 4.79 Å². The maximum absolute atomic E-state index is 12.1. The molecule has 2 saturated heterocycles. The second-order valence-corrected chi connectivity index (χ2v) is 6.57. The number of piperidine rings is 1. The fraction of sp³-hybridized carbons (Fsp3) is 0.857. The van der Waals surface area contributed by atoms with Gasteiger partial charge in [-0.25, -0.2) is 4.79 Å². The van der Waals surface area contributed by atoms with Crippen LogP contribution in [0.15, 0.2) is 0 Å². The van der Waals surface area contributed by atoms with Gasteiger partial charge in [0.1, 0.15) is 5.54 Å². The fourth-order valence-electron chi connectivity index (χ4n) is 3.09. The summed E-state index contributed by atoms with van der Waals surface area (Å²) in [5, 5.41) is 2.71. The van der Waals surface area contributed by atoms with Gasteiger partial charge in [-0.15, -0.1) is 0 Å². The van der Waals surface area contributed by atoms with E-state index in [1.54, 1.807) is 13.8 Å². The van der Waals surface area contributed by atoms with Crippen LogP contribution in [0.4, 0.5) is 4.79 Å². The molecule has 114 valence electrons. The van der Waals surface area contributed by atoms with Crippen molar-refractivity contribution in [2.75, 3.05) is 26.2 Å². The molecule has 0 aromatic carbocycles. The molecular formula is C14H26N4O2. The average molecular weight is 282 g/mol. The molecule has 0 spiro atoms. The molecule has 3 N–H and O–H groups in total. The average Bonchev–Trinajstić information content (AvgIpc) is 2.58. The summed E-state index contributed by atoms with van der Waals surface area (Å²) in [6, 6.07) is 0.0854. The largest absolute Gasteiger partial charge is 0.329 e. The van der Waals surface area contributed by atoms with Crippen molar-refractivity contribution in [1.82, 2.24) is 15.1 Å². The number of nitrogens with one attached hydrogen (secondary N) is 1. The number of hydrogen-bond acceptors (Lipinski definition) is 4. The van der Waals surface area contributed by atoms with Gasteiger partial charge in [-0.3, -0.25) is 14.6 Å². The molecule has 0 bridgehead atoms. The predicted molar refractivity (Wildman–Crippen MR) is 77.1 cm³/mol. The van der Waals surface area contributed by atoms with Gasteiger partial charge in [0.2, 0.25) is 0 Å². The summed E-state index contributed by atoms with van der Waals surface area (Å²) in [6.07, 6.45) is 2.25. The second kappa shape index (κ2) is 5.69. The van der Waals surface area contributed by atoms with E-state index in [2.05, 4.69) is 17.1 Å². The number of carbonyl (C=O) groups excluding carboxylic acids is 2. The highest BCUT2D eigenvalue weighted by molar-refractivity contribution is 6.06. The molecule has 0 aliphatic carbocycles. The van der Waals surface area contributed by atoms with Crippen molar-refractivity contribution < 1.29 is 9.59 Å². The minimum atomic E-state index is -0.777. The maximum atomic E-state index is 12.1. The summed E-state index contributed by atoms with van der Waals surface area (Å²) < 4.78 is 0. The number of carbonyl (C=O) groups is 2. The van der Waals surface area contributed by atoms with Gasteiger partial charge < -0.3 is 11.1 Å². The van der Waals surface area contributed by atoms with Crippen LogP contribution in [0, 0.1) is 5.92 Å². The van der Waals surface area contributed by atoms with Crippen LogP contribution in [0.5, 0.6) is 0 Å². The lowest BCUT2D eigenvalue weighted by atomic mass is 9.92. The van der Waals surface area contributed by atoms with E-state index in [0.29, 0.717) is 31.6 Å². The van der Waals surface area contributed by atoms with Gasteiger partial charge in [-0.05, 0) is 39.2 Å². The highest BCUT2D eigenvalue weighted by Crippen LogP contribution is 2.22. The van der Waals surface area contributed by atoms with Crippen molar-refractivity contribution in [3.05, 3.63) is 0 Å². The lowest BCUT2D eigenvalue weighted by molar-refractivity contribution is -0.130. The Hall–Kier alpha value is -1.14. The summed E-state index contributed by atoms with van der Waals surface area (Å²) in [4.78, 5) is 27.6. The van der Waals surface area contributed by atoms with Crippen molar-refractivity contribution in [1.29, 1.82) is 0 Å². The second-order valence-electron chi connectivity index (χ2n) is 6.57. The first-order chi connectivity index (χ1) is 9.35. The molecule has 0 aromatic heterocycles. The summed E-state index contributed by atoms with van der Waals surface area (Å²) in [6.45, 7) is 8.51. The number of imide groups is 1. The lowest BCUT2D eigenvalue weighted by Gasteiger charge is -2.38. The molecule has 0 radical (unpaired) electrons. The van der Waals surface area contributed by atoms with E-state index < -0.39 is 5.54 Å². The molecule has 2 unspecified atom stereocenters. The van der Waals surface area contributed by atoms with Crippen LogP contribution in [0.3, 0.4) is 0 Å². The van der Waals surface area contributed by atoms with Gasteiger partial charge >= 0.3 is 6.03 Å². The Morgan fingerprint density at radius 3 is 2.60 bits per heavy atom. The highest BCUT2D eigenvalue weighted by Gasteiger charge is 2.44. The Bertz CT molecular complexity index is 397. The van der Waals surface area contributed by atoms with Gasteiger partial charge in [0.15, 0.2) is 0 Å². The summed E-state index contributed by atoms with van der Waals surface area (Å²) in [5.74, 6) is 0.563. The van der Waals surface area contributed by atoms with E-state index in [1.807, 2.05) is 0 Å². The van der Waals surface area contributed by atoms with Crippen molar-refractivity contribution >= 4 is 11.9 Å². The van der Waals surface area contributed by atoms with Crippen LogP contribution in [0.2, 0.25) is 0 Å². The minimum absolute atomic E-state index is 0.142. The van der Waals surface area contributed by atoms with Gasteiger partial charge in [0.25, 0.3) is 5.91 Å². The Morgan fingerprint density at radius 1 is 1.35 bits per heavy atom. The maximum Gasteiger partial charge on any atom is 0.325 e. The molecule has 2 atom stereocenters. The molecule has 6 nitrogen and oxygen atoms in total. The van der Waals surface area contributed by atoms with E-state index in [-0.39, 0.29) is 11.9 Å². The molecule has 20 heavy (non-hydrogen) atoms. The quantitative estimate of drug-likeness (QED) is 0.731. The summed E-state index contributed by atoms with van der Waals surface area (Å²) in [5.41, 5.74) is 5.06. The Balaban J connectivity index is 1.92. The molecule has 6 heteroatoms. The predicted octanol–water partition coefficient (Wildman–Crippen LogP) is 0.376. The van der Waals surface area contributed by atoms with Crippen LogP contribution in [0.25, 0.3) is 0 Å². The van der Waals surface area contributed by atoms with Crippen molar-refractivity contribution in [3.8, 4) is 0 Å². The third-order valence-corrected chi connectivity index (χ3v) is 4.43. The molecular weight excluding hydrogens is 256 g/mol. The minimum Gasteiger partial charge on any atom is -0.329 e. The van der Waals surface area contributed by atoms with Crippen molar-refractivity contribution in [3.63, 3.8) is 0 Å². The van der Waals surface area contributed by atoms with E-state index in [9.17, 15) is 9.59 Å². The van der Waals surface area contributed by atoms with Crippen LogP contribution >= 0.6 is 0 Å². The number of nitrogens with two attached hydrogens (primary N) is 1. The number of urea groups is 1. The standard InChI is InChI=1S/C14H26N4O2/c1-10-4-5-17(11(8-10)9-15)6-7-18-12(19)14(2,3)16-13(18)20/h10-11H,4-9,15H2,1-3H3,(H,16,20). The van der Waals surface area contributed by atoms with E-state index in [1.165, 1.54) is 4.90 Å².